The maximum atomic E-state index is 13.1. The summed E-state index contributed by atoms with van der Waals surface area (Å²) < 4.78 is 0. The highest BCUT2D eigenvalue weighted by molar-refractivity contribution is 6.31. The van der Waals surface area contributed by atoms with Gasteiger partial charge in [-0.15, -0.1) is 0 Å². The van der Waals surface area contributed by atoms with Gasteiger partial charge in [0.25, 0.3) is 0 Å². The van der Waals surface area contributed by atoms with E-state index in [4.69, 9.17) is 11.6 Å². The van der Waals surface area contributed by atoms with Gasteiger partial charge in [0, 0.05) is 22.9 Å². The number of halogens is 1. The summed E-state index contributed by atoms with van der Waals surface area (Å²) in [6.45, 7) is 4.29. The molecule has 0 radical (unpaired) electrons. The van der Waals surface area contributed by atoms with Crippen LogP contribution >= 0.6 is 11.6 Å². The molecule has 0 bridgehead atoms. The Morgan fingerprint density at radius 2 is 1.80 bits per heavy atom. The maximum absolute atomic E-state index is 13.1. The molecule has 2 amide bonds. The van der Waals surface area contributed by atoms with Crippen LogP contribution in [0.4, 0.5) is 11.4 Å². The summed E-state index contributed by atoms with van der Waals surface area (Å²) in [5.41, 5.74) is 1.30. The molecule has 2 aromatic rings. The van der Waals surface area contributed by atoms with Crippen LogP contribution in [-0.4, -0.2) is 18.4 Å². The fourth-order valence-corrected chi connectivity index (χ4v) is 3.13. The van der Waals surface area contributed by atoms with E-state index in [0.29, 0.717) is 30.1 Å². The molecule has 2 aromatic carbocycles. The van der Waals surface area contributed by atoms with E-state index in [9.17, 15) is 9.59 Å². The Labute approximate surface area is 152 Å². The molecule has 5 heteroatoms. The number of carbonyl (C=O) groups is 2. The minimum atomic E-state index is -0.972. The summed E-state index contributed by atoms with van der Waals surface area (Å²) in [5.74, 6) is -0.393. The number of anilines is 2. The van der Waals surface area contributed by atoms with Gasteiger partial charge in [-0.3, -0.25) is 9.59 Å². The minimum absolute atomic E-state index is 0.140. The number of nitrogens with zero attached hydrogens (tertiary/aromatic N) is 1. The highest BCUT2D eigenvalue weighted by Gasteiger charge is 2.58. The summed E-state index contributed by atoms with van der Waals surface area (Å²) in [4.78, 5) is 27.6. The molecule has 1 saturated carbocycles. The number of benzene rings is 2. The van der Waals surface area contributed by atoms with E-state index < -0.39 is 5.41 Å². The normalized spacial score (nSPS) is 14.7. The molecule has 0 saturated heterocycles. The molecule has 4 nitrogen and oxygen atoms in total. The summed E-state index contributed by atoms with van der Waals surface area (Å²) in [6.07, 6.45) is 1.14. The van der Waals surface area contributed by atoms with Gasteiger partial charge in [0.2, 0.25) is 11.8 Å². The van der Waals surface area contributed by atoms with Gasteiger partial charge in [-0.05, 0) is 56.5 Å². The Morgan fingerprint density at radius 3 is 2.40 bits per heavy atom. The lowest BCUT2D eigenvalue weighted by atomic mass is 10.0. The van der Waals surface area contributed by atoms with Gasteiger partial charge in [-0.1, -0.05) is 35.9 Å². The van der Waals surface area contributed by atoms with Gasteiger partial charge in [0.15, 0.2) is 0 Å². The van der Waals surface area contributed by atoms with Crippen LogP contribution in [0.2, 0.25) is 5.02 Å². The second-order valence-electron chi connectivity index (χ2n) is 6.33. The number of rotatable bonds is 5. The quantitative estimate of drug-likeness (QED) is 0.806. The first-order chi connectivity index (χ1) is 12.0. The Hall–Kier alpha value is -2.33. The lowest BCUT2D eigenvalue weighted by Gasteiger charge is -2.26. The molecule has 1 aliphatic rings. The molecule has 1 fully saturated rings. The third-order valence-electron chi connectivity index (χ3n) is 4.74. The summed E-state index contributed by atoms with van der Waals surface area (Å²) in [5, 5.41) is 3.49. The molecule has 0 heterocycles. The number of nitrogens with one attached hydrogen (secondary N) is 1. The molecule has 25 heavy (non-hydrogen) atoms. The third kappa shape index (κ3) is 3.27. The zero-order valence-corrected chi connectivity index (χ0v) is 15.1. The largest absolute Gasteiger partial charge is 0.325 e. The number of amides is 2. The van der Waals surface area contributed by atoms with E-state index >= 15 is 0 Å². The monoisotopic (exact) mass is 356 g/mol. The molecular weight excluding hydrogens is 336 g/mol. The van der Waals surface area contributed by atoms with Crippen LogP contribution in [0, 0.1) is 12.3 Å². The summed E-state index contributed by atoms with van der Waals surface area (Å²) in [7, 11) is 0. The molecule has 0 atom stereocenters. The SMILES string of the molecule is CCN(C(=O)C1(C(=O)Nc2cccc(Cl)c2C)CC1)c1ccccc1. The average molecular weight is 357 g/mol. The topological polar surface area (TPSA) is 49.4 Å². The second-order valence-corrected chi connectivity index (χ2v) is 6.74. The number of carbonyl (C=O) groups excluding carboxylic acids is 2. The Kier molecular flexibility index (Phi) is 4.82. The number of para-hydroxylation sites is 1. The minimum Gasteiger partial charge on any atom is -0.325 e. The maximum Gasteiger partial charge on any atom is 0.242 e. The molecule has 0 aromatic heterocycles. The van der Waals surface area contributed by atoms with Crippen molar-refractivity contribution in [2.75, 3.05) is 16.8 Å². The fourth-order valence-electron chi connectivity index (χ4n) is 2.96. The molecule has 1 aliphatic carbocycles. The van der Waals surface area contributed by atoms with E-state index in [2.05, 4.69) is 5.32 Å². The van der Waals surface area contributed by atoms with E-state index in [0.717, 1.165) is 11.3 Å². The van der Waals surface area contributed by atoms with Gasteiger partial charge in [0.05, 0.1) is 0 Å². The smallest absolute Gasteiger partial charge is 0.242 e. The summed E-state index contributed by atoms with van der Waals surface area (Å²) >= 11 is 6.12. The van der Waals surface area contributed by atoms with Crippen LogP contribution in [-0.2, 0) is 9.59 Å². The lowest BCUT2D eigenvalue weighted by Crippen LogP contribution is -2.43. The van der Waals surface area contributed by atoms with Crippen molar-refractivity contribution < 1.29 is 9.59 Å². The molecule has 0 unspecified atom stereocenters. The van der Waals surface area contributed by atoms with Gasteiger partial charge >= 0.3 is 0 Å². The van der Waals surface area contributed by atoms with Crippen molar-refractivity contribution in [3.8, 4) is 0 Å². The van der Waals surface area contributed by atoms with Crippen LogP contribution in [0.1, 0.15) is 25.3 Å². The Bertz CT molecular complexity index is 801. The fraction of sp³-hybridized carbons (Fsp3) is 0.300. The van der Waals surface area contributed by atoms with E-state index in [1.807, 2.05) is 44.2 Å². The molecule has 1 N–H and O–H groups in total. The van der Waals surface area contributed by atoms with E-state index in [1.54, 1.807) is 23.1 Å². The molecule has 0 aliphatic heterocycles. The van der Waals surface area contributed by atoms with Crippen LogP contribution in [0.3, 0.4) is 0 Å². The Morgan fingerprint density at radius 1 is 1.12 bits per heavy atom. The predicted molar refractivity (Wildman–Crippen MR) is 101 cm³/mol. The molecular formula is C20H21ClN2O2. The lowest BCUT2D eigenvalue weighted by molar-refractivity contribution is -0.132. The van der Waals surface area contributed by atoms with Crippen molar-refractivity contribution in [1.29, 1.82) is 0 Å². The van der Waals surface area contributed by atoms with Crippen molar-refractivity contribution in [2.45, 2.75) is 26.7 Å². The van der Waals surface area contributed by atoms with Crippen LogP contribution < -0.4 is 10.2 Å². The number of hydrogen-bond acceptors (Lipinski definition) is 2. The first-order valence-electron chi connectivity index (χ1n) is 8.43. The highest BCUT2D eigenvalue weighted by atomic mass is 35.5. The Balaban J connectivity index is 1.82. The standard InChI is InChI=1S/C20H21ClN2O2/c1-3-23(15-8-5-4-6-9-15)19(25)20(12-13-20)18(24)22-17-11-7-10-16(21)14(17)2/h4-11H,3,12-13H2,1-2H3,(H,22,24). The molecule has 0 spiro atoms. The van der Waals surface area contributed by atoms with E-state index in [-0.39, 0.29) is 11.8 Å². The second kappa shape index (κ2) is 6.89. The first kappa shape index (κ1) is 17.5. The van der Waals surface area contributed by atoms with Crippen molar-refractivity contribution in [1.82, 2.24) is 0 Å². The van der Waals surface area contributed by atoms with Crippen LogP contribution in [0.25, 0.3) is 0 Å². The zero-order valence-electron chi connectivity index (χ0n) is 14.4. The third-order valence-corrected chi connectivity index (χ3v) is 5.15. The summed E-state index contributed by atoms with van der Waals surface area (Å²) in [6, 6.07) is 14.8. The van der Waals surface area contributed by atoms with Gasteiger partial charge < -0.3 is 10.2 Å². The number of hydrogen-bond donors (Lipinski definition) is 1. The van der Waals surface area contributed by atoms with Crippen molar-refractivity contribution in [3.05, 3.63) is 59.1 Å². The van der Waals surface area contributed by atoms with Gasteiger partial charge in [-0.25, -0.2) is 0 Å². The van der Waals surface area contributed by atoms with Crippen LogP contribution in [0.5, 0.6) is 0 Å². The predicted octanol–water partition coefficient (Wildman–Crippen LogP) is 4.42. The molecule has 130 valence electrons. The van der Waals surface area contributed by atoms with Gasteiger partial charge in [0.1, 0.15) is 5.41 Å². The van der Waals surface area contributed by atoms with Crippen molar-refractivity contribution >= 4 is 34.8 Å². The van der Waals surface area contributed by atoms with Crippen molar-refractivity contribution in [2.24, 2.45) is 5.41 Å². The average Bonchev–Trinajstić information content (AvgIpc) is 3.42. The zero-order chi connectivity index (χ0) is 18.0. The van der Waals surface area contributed by atoms with Crippen molar-refractivity contribution in [3.63, 3.8) is 0 Å². The first-order valence-corrected chi connectivity index (χ1v) is 8.81. The van der Waals surface area contributed by atoms with Crippen LogP contribution in [0.15, 0.2) is 48.5 Å². The van der Waals surface area contributed by atoms with Gasteiger partial charge in [-0.2, -0.15) is 0 Å². The highest BCUT2D eigenvalue weighted by Crippen LogP contribution is 2.49. The molecule has 3 rings (SSSR count). The van der Waals surface area contributed by atoms with E-state index in [1.165, 1.54) is 0 Å².